The summed E-state index contributed by atoms with van der Waals surface area (Å²) in [5, 5.41) is 19.3. The van der Waals surface area contributed by atoms with Crippen LogP contribution in [0.25, 0.3) is 11.3 Å². The molecule has 1 aliphatic heterocycles. The van der Waals surface area contributed by atoms with Crippen molar-refractivity contribution in [2.45, 2.75) is 97.7 Å². The van der Waals surface area contributed by atoms with E-state index in [0.29, 0.717) is 10.2 Å². The van der Waals surface area contributed by atoms with Crippen molar-refractivity contribution in [2.24, 2.45) is 5.41 Å². The average molecular weight is 596 g/mol. The summed E-state index contributed by atoms with van der Waals surface area (Å²) in [7, 11) is 0. The molecule has 3 rings (SSSR count). The Morgan fingerprint density at radius 3 is 2.26 bits per heavy atom. The van der Waals surface area contributed by atoms with Crippen molar-refractivity contribution >= 4 is 17.9 Å². The lowest BCUT2D eigenvalue weighted by molar-refractivity contribution is -0.138. The first-order chi connectivity index (χ1) is 19.4. The maximum Gasteiger partial charge on any atom is 0.408 e. The molecule has 10 nitrogen and oxygen atoms in total. The molecule has 42 heavy (non-hydrogen) atoms. The van der Waals surface area contributed by atoms with E-state index in [1.54, 1.807) is 60.6 Å². The van der Waals surface area contributed by atoms with Crippen molar-refractivity contribution in [3.8, 4) is 11.3 Å². The van der Waals surface area contributed by atoms with Crippen LogP contribution in [0.15, 0.2) is 30.5 Å². The number of aliphatic hydroxyl groups excluding tert-OH is 1. The van der Waals surface area contributed by atoms with Crippen LogP contribution >= 0.6 is 0 Å². The molecule has 1 aliphatic rings. The lowest BCUT2D eigenvalue weighted by Gasteiger charge is -2.36. The van der Waals surface area contributed by atoms with E-state index in [4.69, 9.17) is 4.74 Å². The third-order valence-corrected chi connectivity index (χ3v) is 6.87. The van der Waals surface area contributed by atoms with Crippen LogP contribution in [0, 0.1) is 11.2 Å². The van der Waals surface area contributed by atoms with Gasteiger partial charge >= 0.3 is 12.6 Å². The van der Waals surface area contributed by atoms with Crippen LogP contribution in [0.5, 0.6) is 0 Å². The number of alkyl halides is 2. The highest BCUT2D eigenvalue weighted by molar-refractivity contribution is 5.88. The maximum absolute atomic E-state index is 14.1. The minimum absolute atomic E-state index is 0.0160. The van der Waals surface area contributed by atoms with Crippen molar-refractivity contribution < 1.29 is 37.4 Å². The summed E-state index contributed by atoms with van der Waals surface area (Å²) in [5.74, 6) is -1.68. The largest absolute Gasteiger partial charge is 0.444 e. The number of hydrogen-bond donors (Lipinski definition) is 3. The molecule has 0 bridgehead atoms. The number of aromatic nitrogens is 2. The van der Waals surface area contributed by atoms with E-state index in [2.05, 4.69) is 15.7 Å². The van der Waals surface area contributed by atoms with Crippen molar-refractivity contribution in [2.75, 3.05) is 6.54 Å². The molecule has 3 N–H and O–H groups in total. The molecule has 0 aliphatic carbocycles. The number of amides is 3. The van der Waals surface area contributed by atoms with Crippen LogP contribution < -0.4 is 10.6 Å². The van der Waals surface area contributed by atoms with Gasteiger partial charge in [0.1, 0.15) is 17.3 Å². The summed E-state index contributed by atoms with van der Waals surface area (Å²) in [6.07, 6.45) is -0.752. The number of carbonyl (C=O) groups excluding carboxylic acids is 3. The van der Waals surface area contributed by atoms with Gasteiger partial charge in [-0.25, -0.2) is 13.9 Å². The number of ether oxygens (including phenoxy) is 1. The normalized spacial score (nSPS) is 19.0. The predicted octanol–water partition coefficient (Wildman–Crippen LogP) is 4.55. The second-order valence-electron chi connectivity index (χ2n) is 12.7. The molecular formula is C29H40F3N5O5. The second kappa shape index (κ2) is 12.7. The fourth-order valence-electron chi connectivity index (χ4n) is 4.88. The number of carbonyl (C=O) groups is 3. The molecule has 1 saturated heterocycles. The Morgan fingerprint density at radius 1 is 1.10 bits per heavy atom. The molecule has 0 spiro atoms. The maximum atomic E-state index is 14.1. The number of β-amino-alcohol motifs (C(OH)–C–C–N with tert-alkyl or cyclic N) is 1. The van der Waals surface area contributed by atoms with E-state index in [1.165, 1.54) is 17.0 Å². The van der Waals surface area contributed by atoms with Gasteiger partial charge in [0.2, 0.25) is 11.8 Å². The summed E-state index contributed by atoms with van der Waals surface area (Å²) in [4.78, 5) is 40.6. The minimum Gasteiger partial charge on any atom is -0.444 e. The van der Waals surface area contributed by atoms with Crippen LogP contribution in [0.2, 0.25) is 0 Å². The molecular weight excluding hydrogens is 555 g/mol. The minimum atomic E-state index is -3.00. The highest BCUT2D eigenvalue weighted by atomic mass is 19.3. The molecule has 0 unspecified atom stereocenters. The Labute approximate surface area is 243 Å². The number of benzene rings is 1. The van der Waals surface area contributed by atoms with Gasteiger partial charge in [0, 0.05) is 24.6 Å². The van der Waals surface area contributed by atoms with Crippen LogP contribution in [0.3, 0.4) is 0 Å². The standard InChI is InChI=1S/C29H40F3N5O5/c1-16(17-8-10-18(11-9-17)23-21(30)14-33-37(23)26(31)32)34-22(39)13-19-12-20(38)15-36(19)25(40)24(28(2,3)4)35-27(41)42-29(5,6)7/h8-11,14,16,19-20,24,26,38H,12-13,15H2,1-7H3,(H,34,39)(H,35,41)/t16-,19-,20+,24+/m0/s1. The molecule has 0 saturated carbocycles. The van der Waals surface area contributed by atoms with E-state index >= 15 is 0 Å². The van der Waals surface area contributed by atoms with Crippen molar-refractivity contribution in [3.05, 3.63) is 41.8 Å². The van der Waals surface area contributed by atoms with Gasteiger partial charge in [-0.15, -0.1) is 0 Å². The van der Waals surface area contributed by atoms with Crippen LogP contribution in [-0.4, -0.2) is 68.0 Å². The summed E-state index contributed by atoms with van der Waals surface area (Å²) in [6, 6.07) is 4.05. The molecule has 0 radical (unpaired) electrons. The van der Waals surface area contributed by atoms with E-state index in [0.717, 1.165) is 6.20 Å². The van der Waals surface area contributed by atoms with Crippen molar-refractivity contribution in [1.82, 2.24) is 25.3 Å². The van der Waals surface area contributed by atoms with Gasteiger partial charge in [0.25, 0.3) is 0 Å². The predicted molar refractivity (Wildman–Crippen MR) is 149 cm³/mol. The zero-order valence-electron chi connectivity index (χ0n) is 25.0. The summed E-state index contributed by atoms with van der Waals surface area (Å²) in [5.41, 5.74) is -0.945. The van der Waals surface area contributed by atoms with Gasteiger partial charge < -0.3 is 25.4 Å². The fourth-order valence-corrected chi connectivity index (χ4v) is 4.88. The third kappa shape index (κ3) is 8.24. The van der Waals surface area contributed by atoms with Gasteiger partial charge in [-0.2, -0.15) is 13.9 Å². The third-order valence-electron chi connectivity index (χ3n) is 6.87. The summed E-state index contributed by atoms with van der Waals surface area (Å²) < 4.78 is 46.1. The average Bonchev–Trinajstić information content (AvgIpc) is 3.42. The number of aliphatic hydroxyl groups is 1. The molecule has 1 fully saturated rings. The number of hydrogen-bond acceptors (Lipinski definition) is 6. The molecule has 13 heteroatoms. The number of alkyl carbamates (subject to hydrolysis) is 1. The quantitative estimate of drug-likeness (QED) is 0.411. The molecule has 1 aromatic heterocycles. The van der Waals surface area contributed by atoms with Gasteiger partial charge in [-0.3, -0.25) is 9.59 Å². The molecule has 4 atom stereocenters. The second-order valence-corrected chi connectivity index (χ2v) is 12.7. The van der Waals surface area contributed by atoms with Gasteiger partial charge in [0.15, 0.2) is 5.82 Å². The first-order valence-electron chi connectivity index (χ1n) is 13.8. The molecule has 1 aromatic carbocycles. The number of likely N-dealkylation sites (tertiary alicyclic amines) is 1. The van der Waals surface area contributed by atoms with E-state index in [9.17, 15) is 32.7 Å². The van der Waals surface area contributed by atoms with Crippen LogP contribution in [0.1, 0.15) is 79.5 Å². The summed E-state index contributed by atoms with van der Waals surface area (Å²) in [6.45, 7) is 9.26. The highest BCUT2D eigenvalue weighted by Gasteiger charge is 2.43. The number of halogens is 3. The number of nitrogens with zero attached hydrogens (tertiary/aromatic N) is 3. The van der Waals surface area contributed by atoms with Crippen LogP contribution in [0.4, 0.5) is 18.0 Å². The van der Waals surface area contributed by atoms with Crippen LogP contribution in [-0.2, 0) is 14.3 Å². The number of rotatable bonds is 8. The van der Waals surface area contributed by atoms with E-state index in [-0.39, 0.29) is 36.6 Å². The Bertz CT molecular complexity index is 1270. The highest BCUT2D eigenvalue weighted by Crippen LogP contribution is 2.29. The monoisotopic (exact) mass is 595 g/mol. The van der Waals surface area contributed by atoms with Crippen molar-refractivity contribution in [1.29, 1.82) is 0 Å². The van der Waals surface area contributed by atoms with E-state index < -0.39 is 59.6 Å². The van der Waals surface area contributed by atoms with E-state index in [1.807, 2.05) is 0 Å². The van der Waals surface area contributed by atoms with Gasteiger partial charge in [-0.05, 0) is 45.1 Å². The Kier molecular flexibility index (Phi) is 9.96. The van der Waals surface area contributed by atoms with Gasteiger partial charge in [0.05, 0.1) is 18.3 Å². The Hall–Kier alpha value is -3.61. The molecule has 2 aromatic rings. The SMILES string of the molecule is C[C@H](NC(=O)C[C@@H]1C[C@@H](O)CN1C(=O)[C@@H](NC(=O)OC(C)(C)C)C(C)(C)C)c1ccc(-c2c(F)cnn2C(F)F)cc1. The lowest BCUT2D eigenvalue weighted by atomic mass is 9.85. The Balaban J connectivity index is 1.68. The zero-order valence-corrected chi connectivity index (χ0v) is 25.0. The molecule has 3 amide bonds. The first kappa shape index (κ1) is 32.9. The number of nitrogens with one attached hydrogen (secondary N) is 2. The summed E-state index contributed by atoms with van der Waals surface area (Å²) >= 11 is 0. The lowest BCUT2D eigenvalue weighted by Crippen LogP contribution is -2.56. The van der Waals surface area contributed by atoms with Gasteiger partial charge in [-0.1, -0.05) is 45.0 Å². The smallest absolute Gasteiger partial charge is 0.408 e. The fraction of sp³-hybridized carbons (Fsp3) is 0.586. The zero-order chi connectivity index (χ0) is 31.6. The molecule has 2 heterocycles. The molecule has 232 valence electrons. The topological polar surface area (TPSA) is 126 Å². The Morgan fingerprint density at radius 2 is 1.71 bits per heavy atom. The first-order valence-corrected chi connectivity index (χ1v) is 13.8. The van der Waals surface area contributed by atoms with Crippen molar-refractivity contribution in [3.63, 3.8) is 0 Å².